The fourth-order valence-electron chi connectivity index (χ4n) is 2.58. The largest absolute Gasteiger partial charge is 0.419 e. The summed E-state index contributed by atoms with van der Waals surface area (Å²) < 4.78 is 32.6. The molecule has 0 saturated carbocycles. The summed E-state index contributed by atoms with van der Waals surface area (Å²) in [5.41, 5.74) is 0.103. The summed E-state index contributed by atoms with van der Waals surface area (Å²) in [6.45, 7) is 0.128. The van der Waals surface area contributed by atoms with E-state index in [2.05, 4.69) is 5.32 Å². The topological polar surface area (TPSA) is 107 Å². The first-order valence-electron chi connectivity index (χ1n) is 7.88. The van der Waals surface area contributed by atoms with E-state index in [0.29, 0.717) is 11.6 Å². The summed E-state index contributed by atoms with van der Waals surface area (Å²) in [6.07, 6.45) is 0.211. The van der Waals surface area contributed by atoms with Crippen molar-refractivity contribution in [3.63, 3.8) is 0 Å². The third-order valence-electron chi connectivity index (χ3n) is 3.85. The van der Waals surface area contributed by atoms with Crippen LogP contribution in [0.5, 0.6) is 0 Å². The van der Waals surface area contributed by atoms with Gasteiger partial charge < -0.3 is 9.73 Å². The Morgan fingerprint density at radius 1 is 1.22 bits per heavy atom. The van der Waals surface area contributed by atoms with Gasteiger partial charge in [0.25, 0.3) is 5.69 Å². The highest BCUT2D eigenvalue weighted by Crippen LogP contribution is 2.20. The number of hydrogen-bond acceptors (Lipinski definition) is 5. The van der Waals surface area contributed by atoms with Gasteiger partial charge in [0.2, 0.25) is 5.91 Å². The van der Waals surface area contributed by atoms with Gasteiger partial charge in [0.05, 0.1) is 22.2 Å². The molecule has 0 spiro atoms. The maximum atomic E-state index is 13.5. The molecule has 0 unspecified atom stereocenters. The second-order valence-electron chi connectivity index (χ2n) is 5.70. The van der Waals surface area contributed by atoms with Crippen molar-refractivity contribution in [2.45, 2.75) is 19.4 Å². The highest BCUT2D eigenvalue weighted by Gasteiger charge is 2.14. The van der Waals surface area contributed by atoms with Crippen LogP contribution in [0.2, 0.25) is 0 Å². The number of amides is 1. The van der Waals surface area contributed by atoms with Crippen molar-refractivity contribution in [2.24, 2.45) is 0 Å². The molecule has 1 amide bonds. The van der Waals surface area contributed by atoms with Gasteiger partial charge in [-0.25, -0.2) is 13.6 Å². The van der Waals surface area contributed by atoms with Crippen LogP contribution < -0.4 is 11.1 Å². The molecule has 0 aliphatic carbocycles. The van der Waals surface area contributed by atoms with Crippen molar-refractivity contribution in [2.75, 3.05) is 5.32 Å². The predicted octanol–water partition coefficient (Wildman–Crippen LogP) is 3.20. The van der Waals surface area contributed by atoms with Gasteiger partial charge in [-0.15, -0.1) is 0 Å². The third kappa shape index (κ3) is 4.00. The molecule has 0 radical (unpaired) electrons. The van der Waals surface area contributed by atoms with Gasteiger partial charge in [0, 0.05) is 25.1 Å². The van der Waals surface area contributed by atoms with Crippen molar-refractivity contribution >= 4 is 28.4 Å². The summed E-state index contributed by atoms with van der Waals surface area (Å²) in [7, 11) is 0. The number of non-ortho nitro benzene ring substituents is 1. The highest BCUT2D eigenvalue weighted by molar-refractivity contribution is 5.90. The standard InChI is InChI=1S/C17H13F2N3O5/c18-10-3-5-13(12(19)8-10)20-16(23)2-1-7-21-14-6-4-11(22(25)26)9-15(14)27-17(21)24/h3-6,8-9H,1-2,7H2,(H,20,23). The highest BCUT2D eigenvalue weighted by atomic mass is 19.1. The summed E-state index contributed by atoms with van der Waals surface area (Å²) >= 11 is 0. The number of halogens is 2. The number of nitrogens with zero attached hydrogens (tertiary/aromatic N) is 2. The third-order valence-corrected chi connectivity index (χ3v) is 3.85. The molecule has 3 aromatic rings. The lowest BCUT2D eigenvalue weighted by atomic mass is 10.2. The van der Waals surface area contributed by atoms with Gasteiger partial charge in [0.1, 0.15) is 11.6 Å². The second-order valence-corrected chi connectivity index (χ2v) is 5.70. The van der Waals surface area contributed by atoms with Gasteiger partial charge in [-0.3, -0.25) is 19.5 Å². The molecule has 8 nitrogen and oxygen atoms in total. The van der Waals surface area contributed by atoms with Gasteiger partial charge in [-0.05, 0) is 24.6 Å². The lowest BCUT2D eigenvalue weighted by Gasteiger charge is -2.06. The first kappa shape index (κ1) is 18.2. The van der Waals surface area contributed by atoms with Crippen molar-refractivity contribution in [3.8, 4) is 0 Å². The Labute approximate surface area is 150 Å². The summed E-state index contributed by atoms with van der Waals surface area (Å²) in [5.74, 6) is -2.84. The number of nitrogens with one attached hydrogen (secondary N) is 1. The fraction of sp³-hybridized carbons (Fsp3) is 0.176. The van der Waals surface area contributed by atoms with Gasteiger partial charge in [0.15, 0.2) is 5.58 Å². The molecule has 140 valence electrons. The molecular weight excluding hydrogens is 364 g/mol. The van der Waals surface area contributed by atoms with E-state index >= 15 is 0 Å². The molecule has 10 heteroatoms. The second kappa shape index (κ2) is 7.36. The number of nitro groups is 1. The Kier molecular flexibility index (Phi) is 4.97. The van der Waals surface area contributed by atoms with Crippen LogP contribution in [0.3, 0.4) is 0 Å². The van der Waals surface area contributed by atoms with E-state index in [4.69, 9.17) is 4.42 Å². The monoisotopic (exact) mass is 377 g/mol. The molecular formula is C17H13F2N3O5. The maximum absolute atomic E-state index is 13.5. The zero-order valence-electron chi connectivity index (χ0n) is 13.8. The Balaban J connectivity index is 1.65. The molecule has 2 aromatic carbocycles. The van der Waals surface area contributed by atoms with Crippen LogP contribution in [0, 0.1) is 21.7 Å². The van der Waals surface area contributed by atoms with E-state index in [-0.39, 0.29) is 36.3 Å². The van der Waals surface area contributed by atoms with E-state index in [9.17, 15) is 28.5 Å². The quantitative estimate of drug-likeness (QED) is 0.524. The average Bonchev–Trinajstić information content (AvgIpc) is 2.92. The molecule has 0 atom stereocenters. The predicted molar refractivity (Wildman–Crippen MR) is 91.4 cm³/mol. The number of hydrogen-bond donors (Lipinski definition) is 1. The fourth-order valence-corrected chi connectivity index (χ4v) is 2.58. The first-order valence-corrected chi connectivity index (χ1v) is 7.88. The Bertz CT molecular complexity index is 1090. The minimum atomic E-state index is -0.887. The summed E-state index contributed by atoms with van der Waals surface area (Å²) in [4.78, 5) is 34.0. The molecule has 0 aliphatic rings. The Morgan fingerprint density at radius 3 is 2.70 bits per heavy atom. The van der Waals surface area contributed by atoms with Crippen LogP contribution in [-0.4, -0.2) is 15.4 Å². The maximum Gasteiger partial charge on any atom is 0.419 e. The van der Waals surface area contributed by atoms with Crippen LogP contribution in [0.15, 0.2) is 45.6 Å². The molecule has 0 saturated heterocycles. The van der Waals surface area contributed by atoms with E-state index < -0.39 is 28.2 Å². The SMILES string of the molecule is O=C(CCCn1c(=O)oc2cc([N+](=O)[O-])ccc21)Nc1ccc(F)cc1F. The minimum Gasteiger partial charge on any atom is -0.407 e. The van der Waals surface area contributed by atoms with E-state index in [1.54, 1.807) is 0 Å². The normalized spacial score (nSPS) is 10.9. The summed E-state index contributed by atoms with van der Waals surface area (Å²) in [5, 5.41) is 13.1. The van der Waals surface area contributed by atoms with Gasteiger partial charge in [-0.1, -0.05) is 0 Å². The van der Waals surface area contributed by atoms with Crippen molar-refractivity contribution in [1.29, 1.82) is 0 Å². The van der Waals surface area contributed by atoms with Crippen LogP contribution in [0.1, 0.15) is 12.8 Å². The molecule has 1 aromatic heterocycles. The van der Waals surface area contributed by atoms with E-state index in [0.717, 1.165) is 18.2 Å². The van der Waals surface area contributed by atoms with E-state index in [1.165, 1.54) is 16.7 Å². The van der Waals surface area contributed by atoms with Gasteiger partial charge in [-0.2, -0.15) is 0 Å². The number of rotatable bonds is 6. The Morgan fingerprint density at radius 2 is 2.00 bits per heavy atom. The molecule has 1 N–H and O–H groups in total. The zero-order valence-corrected chi connectivity index (χ0v) is 13.8. The lowest BCUT2D eigenvalue weighted by Crippen LogP contribution is -2.17. The number of fused-ring (bicyclic) bond motifs is 1. The Hall–Kier alpha value is -3.56. The number of anilines is 1. The lowest BCUT2D eigenvalue weighted by molar-refractivity contribution is -0.384. The number of benzene rings is 2. The molecule has 0 bridgehead atoms. The molecule has 1 heterocycles. The molecule has 27 heavy (non-hydrogen) atoms. The number of oxazole rings is 1. The van der Waals surface area contributed by atoms with Crippen LogP contribution >= 0.6 is 0 Å². The van der Waals surface area contributed by atoms with Crippen molar-refractivity contribution in [3.05, 3.63) is 68.7 Å². The van der Waals surface area contributed by atoms with Gasteiger partial charge >= 0.3 is 5.76 Å². The smallest absolute Gasteiger partial charge is 0.407 e. The summed E-state index contributed by atoms with van der Waals surface area (Å²) in [6, 6.07) is 6.59. The van der Waals surface area contributed by atoms with Crippen molar-refractivity contribution in [1.82, 2.24) is 4.57 Å². The number of aryl methyl sites for hydroxylation is 1. The van der Waals surface area contributed by atoms with E-state index in [1.807, 2.05) is 0 Å². The number of carbonyl (C=O) groups is 1. The van der Waals surface area contributed by atoms with Crippen LogP contribution in [0.25, 0.3) is 11.1 Å². The van der Waals surface area contributed by atoms with Crippen LogP contribution in [0.4, 0.5) is 20.2 Å². The number of aromatic nitrogens is 1. The minimum absolute atomic E-state index is 0.0249. The average molecular weight is 377 g/mol. The zero-order chi connectivity index (χ0) is 19.6. The molecule has 0 aliphatic heterocycles. The molecule has 3 rings (SSSR count). The first-order chi connectivity index (χ1) is 12.8. The van der Waals surface area contributed by atoms with Crippen molar-refractivity contribution < 1.29 is 22.9 Å². The number of nitro benzene ring substituents is 1. The number of carbonyl (C=O) groups excluding carboxylic acids is 1. The van der Waals surface area contributed by atoms with Crippen LogP contribution in [-0.2, 0) is 11.3 Å². The molecule has 0 fully saturated rings.